The van der Waals surface area contributed by atoms with E-state index in [2.05, 4.69) is 10.6 Å². The molecule has 0 aromatic heterocycles. The maximum absolute atomic E-state index is 12.5. The molecule has 3 rings (SSSR count). The molecule has 0 saturated heterocycles. The van der Waals surface area contributed by atoms with Crippen LogP contribution in [-0.2, 0) is 16.1 Å². The van der Waals surface area contributed by atoms with Gasteiger partial charge in [0.25, 0.3) is 0 Å². The minimum Gasteiger partial charge on any atom is -0.350 e. The summed E-state index contributed by atoms with van der Waals surface area (Å²) in [5.74, 6) is -0.574. The van der Waals surface area contributed by atoms with E-state index < -0.39 is 4.75 Å². The van der Waals surface area contributed by atoms with E-state index in [9.17, 15) is 9.59 Å². The quantitative estimate of drug-likeness (QED) is 0.857. The van der Waals surface area contributed by atoms with Gasteiger partial charge >= 0.3 is 0 Å². The zero-order valence-electron chi connectivity index (χ0n) is 12.1. The number of carbonyl (C=O) groups excluding carboxylic acids is 2. The minimum atomic E-state index is -1.16. The van der Waals surface area contributed by atoms with Gasteiger partial charge in [-0.15, -0.1) is 0 Å². The topological polar surface area (TPSA) is 58.2 Å². The Kier molecular flexibility index (Phi) is 3.90. The Morgan fingerprint density at radius 2 is 1.82 bits per heavy atom. The molecular formula is C17H16N2O2S. The van der Waals surface area contributed by atoms with E-state index in [0.717, 1.165) is 16.1 Å². The lowest BCUT2D eigenvalue weighted by Crippen LogP contribution is -2.51. The summed E-state index contributed by atoms with van der Waals surface area (Å²) in [4.78, 5) is 25.8. The molecule has 1 heterocycles. The molecule has 5 heteroatoms. The van der Waals surface area contributed by atoms with Crippen molar-refractivity contribution in [2.75, 3.05) is 5.32 Å². The average molecular weight is 312 g/mol. The lowest BCUT2D eigenvalue weighted by Gasteiger charge is -2.31. The number of anilines is 1. The van der Waals surface area contributed by atoms with Crippen LogP contribution in [0.15, 0.2) is 59.5 Å². The van der Waals surface area contributed by atoms with Gasteiger partial charge in [-0.2, -0.15) is 0 Å². The molecule has 0 saturated carbocycles. The zero-order valence-corrected chi connectivity index (χ0v) is 12.9. The second kappa shape index (κ2) is 5.85. The lowest BCUT2D eigenvalue weighted by atomic mass is 10.1. The first-order valence-corrected chi connectivity index (χ1v) is 7.83. The van der Waals surface area contributed by atoms with E-state index in [4.69, 9.17) is 0 Å². The third kappa shape index (κ3) is 2.72. The highest BCUT2D eigenvalue weighted by atomic mass is 32.2. The second-order valence-electron chi connectivity index (χ2n) is 5.25. The molecule has 0 fully saturated rings. The molecule has 1 aliphatic rings. The van der Waals surface area contributed by atoms with Crippen LogP contribution in [0.4, 0.5) is 5.69 Å². The van der Waals surface area contributed by atoms with Gasteiger partial charge in [0.2, 0.25) is 11.8 Å². The highest BCUT2D eigenvalue weighted by Gasteiger charge is 2.45. The Bertz CT molecular complexity index is 718. The number of benzene rings is 2. The fourth-order valence-corrected chi connectivity index (χ4v) is 3.39. The third-order valence-electron chi connectivity index (χ3n) is 3.61. The molecule has 0 aliphatic carbocycles. The van der Waals surface area contributed by atoms with E-state index in [1.54, 1.807) is 6.92 Å². The lowest BCUT2D eigenvalue weighted by molar-refractivity contribution is -0.130. The Hall–Kier alpha value is -2.27. The van der Waals surface area contributed by atoms with Crippen molar-refractivity contribution in [1.82, 2.24) is 5.32 Å². The Morgan fingerprint density at radius 1 is 1.14 bits per heavy atom. The molecule has 0 radical (unpaired) electrons. The van der Waals surface area contributed by atoms with Gasteiger partial charge in [0, 0.05) is 11.4 Å². The summed E-state index contributed by atoms with van der Waals surface area (Å²) < 4.78 is -1.16. The summed E-state index contributed by atoms with van der Waals surface area (Å²) in [6, 6.07) is 17.1. The van der Waals surface area contributed by atoms with E-state index >= 15 is 0 Å². The van der Waals surface area contributed by atoms with Crippen LogP contribution in [0, 0.1) is 0 Å². The van der Waals surface area contributed by atoms with E-state index in [-0.39, 0.29) is 11.8 Å². The molecular weight excluding hydrogens is 296 g/mol. The third-order valence-corrected chi connectivity index (χ3v) is 4.97. The monoisotopic (exact) mass is 312 g/mol. The first-order chi connectivity index (χ1) is 10.6. The van der Waals surface area contributed by atoms with Crippen LogP contribution >= 0.6 is 11.8 Å². The molecule has 1 atom stereocenters. The van der Waals surface area contributed by atoms with Crippen molar-refractivity contribution >= 4 is 29.3 Å². The number of para-hydroxylation sites is 1. The van der Waals surface area contributed by atoms with Gasteiger partial charge in [-0.3, -0.25) is 9.59 Å². The van der Waals surface area contributed by atoms with Gasteiger partial charge in [0.1, 0.15) is 0 Å². The van der Waals surface area contributed by atoms with E-state index in [0.29, 0.717) is 6.54 Å². The Balaban J connectivity index is 1.75. The SMILES string of the molecule is C[C@@]1(C(=O)NCc2ccccc2)Sc2ccccc2NC1=O. The number of rotatable bonds is 3. The van der Waals surface area contributed by atoms with Crippen molar-refractivity contribution in [1.29, 1.82) is 0 Å². The summed E-state index contributed by atoms with van der Waals surface area (Å²) in [7, 11) is 0. The zero-order chi connectivity index (χ0) is 15.6. The first-order valence-electron chi connectivity index (χ1n) is 7.01. The number of amides is 2. The summed E-state index contributed by atoms with van der Waals surface area (Å²) >= 11 is 1.29. The average Bonchev–Trinajstić information content (AvgIpc) is 2.54. The first kappa shape index (κ1) is 14.7. The van der Waals surface area contributed by atoms with Gasteiger partial charge in [-0.05, 0) is 24.6 Å². The maximum Gasteiger partial charge on any atom is 0.250 e. The summed E-state index contributed by atoms with van der Waals surface area (Å²) in [5, 5.41) is 5.66. The second-order valence-corrected chi connectivity index (χ2v) is 6.71. The van der Waals surface area contributed by atoms with Gasteiger partial charge in [-0.25, -0.2) is 0 Å². The molecule has 112 valence electrons. The van der Waals surface area contributed by atoms with Crippen LogP contribution in [-0.4, -0.2) is 16.6 Å². The smallest absolute Gasteiger partial charge is 0.250 e. The number of nitrogens with one attached hydrogen (secondary N) is 2. The molecule has 2 aromatic rings. The Morgan fingerprint density at radius 3 is 2.59 bits per heavy atom. The highest BCUT2D eigenvalue weighted by Crippen LogP contribution is 2.42. The van der Waals surface area contributed by atoms with Crippen molar-refractivity contribution in [3.05, 3.63) is 60.2 Å². The van der Waals surface area contributed by atoms with Crippen LogP contribution in [0.3, 0.4) is 0 Å². The van der Waals surface area contributed by atoms with Gasteiger partial charge in [0.05, 0.1) is 5.69 Å². The van der Waals surface area contributed by atoms with Crippen molar-refractivity contribution in [3.63, 3.8) is 0 Å². The number of hydrogen-bond acceptors (Lipinski definition) is 3. The molecule has 0 unspecified atom stereocenters. The molecule has 4 nitrogen and oxygen atoms in total. The molecule has 2 N–H and O–H groups in total. The number of fused-ring (bicyclic) bond motifs is 1. The Labute approximate surface area is 133 Å². The maximum atomic E-state index is 12.5. The fourth-order valence-electron chi connectivity index (χ4n) is 2.26. The summed E-state index contributed by atoms with van der Waals surface area (Å²) in [6.45, 7) is 2.06. The minimum absolute atomic E-state index is 0.284. The van der Waals surface area contributed by atoms with E-state index in [1.807, 2.05) is 54.6 Å². The van der Waals surface area contributed by atoms with Gasteiger partial charge in [-0.1, -0.05) is 54.2 Å². The molecule has 0 spiro atoms. The predicted octanol–water partition coefficient (Wildman–Crippen LogP) is 2.81. The van der Waals surface area contributed by atoms with Crippen molar-refractivity contribution in [2.24, 2.45) is 0 Å². The summed E-state index contributed by atoms with van der Waals surface area (Å²) in [5.41, 5.74) is 1.76. The summed E-state index contributed by atoms with van der Waals surface area (Å²) in [6.07, 6.45) is 0. The highest BCUT2D eigenvalue weighted by molar-refractivity contribution is 8.02. The fraction of sp³-hybridized carbons (Fsp3) is 0.176. The number of hydrogen-bond donors (Lipinski definition) is 2. The van der Waals surface area contributed by atoms with Gasteiger partial charge < -0.3 is 10.6 Å². The van der Waals surface area contributed by atoms with Crippen molar-refractivity contribution in [2.45, 2.75) is 23.1 Å². The molecule has 0 bridgehead atoms. The van der Waals surface area contributed by atoms with E-state index in [1.165, 1.54) is 11.8 Å². The standard InChI is InChI=1S/C17H16N2O2S/c1-17(15(20)18-11-12-7-3-2-4-8-12)16(21)19-13-9-5-6-10-14(13)22-17/h2-10H,11H2,1H3,(H,18,20)(H,19,21)/t17-/m0/s1. The molecule has 22 heavy (non-hydrogen) atoms. The van der Waals surface area contributed by atoms with Crippen LogP contribution in [0.1, 0.15) is 12.5 Å². The van der Waals surface area contributed by atoms with Crippen LogP contribution in [0.25, 0.3) is 0 Å². The number of carbonyl (C=O) groups is 2. The van der Waals surface area contributed by atoms with Gasteiger partial charge in [0.15, 0.2) is 4.75 Å². The molecule has 2 aromatic carbocycles. The van der Waals surface area contributed by atoms with Crippen molar-refractivity contribution < 1.29 is 9.59 Å². The molecule has 2 amide bonds. The predicted molar refractivity (Wildman–Crippen MR) is 87.6 cm³/mol. The van der Waals surface area contributed by atoms with Crippen molar-refractivity contribution in [3.8, 4) is 0 Å². The molecule has 1 aliphatic heterocycles. The largest absolute Gasteiger partial charge is 0.350 e. The van der Waals surface area contributed by atoms with Crippen LogP contribution in [0.5, 0.6) is 0 Å². The van der Waals surface area contributed by atoms with Crippen LogP contribution in [0.2, 0.25) is 0 Å². The van der Waals surface area contributed by atoms with Crippen LogP contribution < -0.4 is 10.6 Å². The number of thioether (sulfide) groups is 1. The normalized spacial score (nSPS) is 20.0.